The second-order valence-corrected chi connectivity index (χ2v) is 6.86. The number of ether oxygens (including phenoxy) is 1. The Hall–Kier alpha value is -2.35. The highest BCUT2D eigenvalue weighted by molar-refractivity contribution is 5.94. The number of hydrogen-bond donors (Lipinski definition) is 3. The second-order valence-electron chi connectivity index (χ2n) is 6.86. The molecule has 1 atom stereocenters. The van der Waals surface area contributed by atoms with E-state index in [9.17, 15) is 9.59 Å². The van der Waals surface area contributed by atoms with Gasteiger partial charge in [0.05, 0.1) is 24.9 Å². The van der Waals surface area contributed by atoms with Crippen molar-refractivity contribution in [3.8, 4) is 17.0 Å². The summed E-state index contributed by atoms with van der Waals surface area (Å²) in [5.74, 6) is 0.646. The van der Waals surface area contributed by atoms with Crippen molar-refractivity contribution >= 4 is 42.4 Å². The fraction of sp³-hybridized carbons (Fsp3) is 0.350. The Labute approximate surface area is 182 Å². The minimum atomic E-state index is -0.636. The number of halogens is 2. The van der Waals surface area contributed by atoms with Gasteiger partial charge in [0, 0.05) is 12.0 Å². The van der Waals surface area contributed by atoms with Gasteiger partial charge in [0.2, 0.25) is 11.8 Å². The summed E-state index contributed by atoms with van der Waals surface area (Å²) in [7, 11) is 0. The van der Waals surface area contributed by atoms with Gasteiger partial charge >= 0.3 is 0 Å². The van der Waals surface area contributed by atoms with Crippen molar-refractivity contribution in [2.75, 3.05) is 18.5 Å². The maximum Gasteiger partial charge on any atom is 0.244 e. The second kappa shape index (κ2) is 11.0. The molecule has 1 aliphatic heterocycles. The Morgan fingerprint density at radius 2 is 1.97 bits per heavy atom. The van der Waals surface area contributed by atoms with Crippen molar-refractivity contribution < 1.29 is 14.3 Å². The van der Waals surface area contributed by atoms with Crippen LogP contribution in [0.15, 0.2) is 36.4 Å². The molecule has 2 aromatic rings. The molecule has 0 spiro atoms. The third-order valence-electron chi connectivity index (χ3n) is 4.45. The Bertz CT molecular complexity index is 861. The van der Waals surface area contributed by atoms with Gasteiger partial charge < -0.3 is 21.1 Å². The summed E-state index contributed by atoms with van der Waals surface area (Å²) in [6, 6.07) is 10.7. The average Bonchev–Trinajstić information content (AvgIpc) is 3.13. The first kappa shape index (κ1) is 24.7. The number of pyridine rings is 1. The number of nitrogens with two attached hydrogens (primary N) is 1. The normalized spacial score (nSPS) is 12.7. The number of aromatic nitrogens is 1. The van der Waals surface area contributed by atoms with E-state index >= 15 is 0 Å². The van der Waals surface area contributed by atoms with Crippen LogP contribution in [0.5, 0.6) is 5.75 Å². The number of nitrogens with one attached hydrogen (secondary N) is 2. The Morgan fingerprint density at radius 1 is 1.21 bits per heavy atom. The lowest BCUT2D eigenvalue weighted by Gasteiger charge is -2.15. The number of hydrogen-bond acceptors (Lipinski definition) is 5. The van der Waals surface area contributed by atoms with Crippen LogP contribution < -0.4 is 21.1 Å². The standard InChI is InChI=1S/C20H24N4O3.2ClH/c1-12(2)19(21)20(26)22-11-18(25)24-17-5-3-4-15(23-17)13-6-7-16-14(10-13)8-9-27-16;;/h3-7,10,12,19H,8-9,11,21H2,1-2H3,(H,22,26)(H,23,24,25);2*1H/t19-;;/m0../s1. The van der Waals surface area contributed by atoms with Gasteiger partial charge in [0.25, 0.3) is 0 Å². The third kappa shape index (κ3) is 6.32. The first-order valence-electron chi connectivity index (χ1n) is 9.00. The minimum absolute atomic E-state index is 0. The quantitative estimate of drug-likeness (QED) is 0.639. The molecule has 158 valence electrons. The summed E-state index contributed by atoms with van der Waals surface area (Å²) in [6.07, 6.45) is 0.887. The Morgan fingerprint density at radius 3 is 2.69 bits per heavy atom. The fourth-order valence-corrected chi connectivity index (χ4v) is 2.79. The predicted octanol–water partition coefficient (Wildman–Crippen LogP) is 2.57. The number of anilines is 1. The molecule has 1 aromatic carbocycles. The highest BCUT2D eigenvalue weighted by Gasteiger charge is 2.18. The van der Waals surface area contributed by atoms with Gasteiger partial charge in [-0.2, -0.15) is 0 Å². The van der Waals surface area contributed by atoms with Crippen LogP contribution in [0.4, 0.5) is 5.82 Å². The average molecular weight is 441 g/mol. The number of amides is 2. The molecule has 2 heterocycles. The zero-order valence-electron chi connectivity index (χ0n) is 16.3. The molecule has 9 heteroatoms. The van der Waals surface area contributed by atoms with Crippen molar-refractivity contribution in [1.29, 1.82) is 0 Å². The van der Waals surface area contributed by atoms with Crippen molar-refractivity contribution in [3.63, 3.8) is 0 Å². The van der Waals surface area contributed by atoms with E-state index in [0.717, 1.165) is 29.0 Å². The molecule has 2 amide bonds. The van der Waals surface area contributed by atoms with Crippen LogP contribution in [-0.4, -0.2) is 36.0 Å². The number of carbonyl (C=O) groups excluding carboxylic acids is 2. The lowest BCUT2D eigenvalue weighted by atomic mass is 10.1. The first-order chi connectivity index (χ1) is 12.9. The zero-order chi connectivity index (χ0) is 19.4. The molecule has 1 aromatic heterocycles. The molecule has 3 rings (SSSR count). The van der Waals surface area contributed by atoms with Crippen molar-refractivity contribution in [2.45, 2.75) is 26.3 Å². The highest BCUT2D eigenvalue weighted by Crippen LogP contribution is 2.30. The molecule has 0 radical (unpaired) electrons. The molecule has 0 aliphatic carbocycles. The van der Waals surface area contributed by atoms with Gasteiger partial charge in [-0.05, 0) is 41.8 Å². The van der Waals surface area contributed by atoms with Crippen molar-refractivity contribution in [1.82, 2.24) is 10.3 Å². The summed E-state index contributed by atoms with van der Waals surface area (Å²) in [4.78, 5) is 28.4. The van der Waals surface area contributed by atoms with E-state index in [4.69, 9.17) is 10.5 Å². The first-order valence-corrected chi connectivity index (χ1v) is 9.00. The molecule has 4 N–H and O–H groups in total. The van der Waals surface area contributed by atoms with E-state index < -0.39 is 6.04 Å². The van der Waals surface area contributed by atoms with Gasteiger partial charge in [-0.25, -0.2) is 4.98 Å². The summed E-state index contributed by atoms with van der Waals surface area (Å²) < 4.78 is 5.52. The molecule has 1 aliphatic rings. The van der Waals surface area contributed by atoms with E-state index in [1.54, 1.807) is 6.07 Å². The molecule has 0 unspecified atom stereocenters. The van der Waals surface area contributed by atoms with Crippen LogP contribution in [0.3, 0.4) is 0 Å². The number of benzene rings is 1. The van der Waals surface area contributed by atoms with E-state index in [1.807, 2.05) is 38.1 Å². The molecule has 0 saturated heterocycles. The van der Waals surface area contributed by atoms with E-state index in [2.05, 4.69) is 21.7 Å². The van der Waals surface area contributed by atoms with Crippen molar-refractivity contribution in [3.05, 3.63) is 42.0 Å². The number of fused-ring (bicyclic) bond motifs is 1. The van der Waals surface area contributed by atoms with E-state index in [0.29, 0.717) is 12.4 Å². The molecule has 0 fully saturated rings. The number of nitrogens with zero attached hydrogens (tertiary/aromatic N) is 1. The van der Waals surface area contributed by atoms with Crippen LogP contribution in [0, 0.1) is 5.92 Å². The van der Waals surface area contributed by atoms with Crippen LogP contribution in [-0.2, 0) is 16.0 Å². The van der Waals surface area contributed by atoms with Crippen molar-refractivity contribution in [2.24, 2.45) is 11.7 Å². The SMILES string of the molecule is CC(C)[C@H](N)C(=O)NCC(=O)Nc1cccc(-c2ccc3c(c2)CCO3)n1.Cl.Cl. The third-order valence-corrected chi connectivity index (χ3v) is 4.45. The molecule has 7 nitrogen and oxygen atoms in total. The van der Waals surface area contributed by atoms with Gasteiger partial charge in [-0.15, -0.1) is 24.8 Å². The van der Waals surface area contributed by atoms with Crippen LogP contribution in [0.2, 0.25) is 0 Å². The summed E-state index contributed by atoms with van der Waals surface area (Å²) in [5.41, 5.74) is 8.64. The van der Waals surface area contributed by atoms with Gasteiger partial charge in [-0.3, -0.25) is 9.59 Å². The van der Waals surface area contributed by atoms with Gasteiger partial charge in [-0.1, -0.05) is 19.9 Å². The largest absolute Gasteiger partial charge is 0.493 e. The predicted molar refractivity (Wildman–Crippen MR) is 118 cm³/mol. The maximum atomic E-state index is 12.1. The Kier molecular flexibility index (Phi) is 9.36. The Balaban J connectivity index is 0.00000210. The van der Waals surface area contributed by atoms with Crippen LogP contribution in [0.1, 0.15) is 19.4 Å². The van der Waals surface area contributed by atoms with Gasteiger partial charge in [0.15, 0.2) is 0 Å². The topological polar surface area (TPSA) is 106 Å². The summed E-state index contributed by atoms with van der Waals surface area (Å²) in [6.45, 7) is 4.26. The van der Waals surface area contributed by atoms with Crippen LogP contribution in [0.25, 0.3) is 11.3 Å². The monoisotopic (exact) mass is 440 g/mol. The number of rotatable bonds is 6. The molecular weight excluding hydrogens is 415 g/mol. The lowest BCUT2D eigenvalue weighted by Crippen LogP contribution is -2.46. The summed E-state index contributed by atoms with van der Waals surface area (Å²) >= 11 is 0. The maximum absolute atomic E-state index is 12.1. The smallest absolute Gasteiger partial charge is 0.244 e. The molecule has 29 heavy (non-hydrogen) atoms. The number of carbonyl (C=O) groups is 2. The fourth-order valence-electron chi connectivity index (χ4n) is 2.79. The van der Waals surface area contributed by atoms with Gasteiger partial charge in [0.1, 0.15) is 11.6 Å². The minimum Gasteiger partial charge on any atom is -0.493 e. The molecule has 0 bridgehead atoms. The highest BCUT2D eigenvalue weighted by atomic mass is 35.5. The summed E-state index contributed by atoms with van der Waals surface area (Å²) in [5, 5.41) is 5.24. The zero-order valence-corrected chi connectivity index (χ0v) is 17.9. The molecular formula is C20H26Cl2N4O3. The van der Waals surface area contributed by atoms with E-state index in [1.165, 1.54) is 0 Å². The van der Waals surface area contributed by atoms with Crippen LogP contribution >= 0.6 is 24.8 Å². The lowest BCUT2D eigenvalue weighted by molar-refractivity contribution is -0.125. The molecule has 0 saturated carbocycles. The van der Waals surface area contributed by atoms with E-state index in [-0.39, 0.29) is 49.1 Å².